The highest BCUT2D eigenvalue weighted by Crippen LogP contribution is 2.25. The Balaban J connectivity index is 1.99. The Morgan fingerprint density at radius 1 is 1.50 bits per heavy atom. The van der Waals surface area contributed by atoms with Gasteiger partial charge in [0.2, 0.25) is 0 Å². The number of ether oxygens (including phenoxy) is 1. The first kappa shape index (κ1) is 13.1. The minimum Gasteiger partial charge on any atom is -0.466 e. The number of rotatable bonds is 4. The Labute approximate surface area is 109 Å². The third kappa shape index (κ3) is 3.32. The molecule has 1 heterocycles. The lowest BCUT2D eigenvalue weighted by molar-refractivity contribution is -0.143. The summed E-state index contributed by atoms with van der Waals surface area (Å²) < 4.78 is 17.7. The van der Waals surface area contributed by atoms with E-state index >= 15 is 0 Å². The van der Waals surface area contributed by atoms with Gasteiger partial charge in [-0.05, 0) is 31.2 Å². The highest BCUT2D eigenvalue weighted by atomic mass is 32.2. The Morgan fingerprint density at radius 2 is 2.22 bits per heavy atom. The van der Waals surface area contributed by atoms with Crippen LogP contribution in [0.5, 0.6) is 0 Å². The van der Waals surface area contributed by atoms with Crippen molar-refractivity contribution in [2.75, 3.05) is 12.4 Å². The molecule has 2 rings (SSSR count). The van der Waals surface area contributed by atoms with Crippen LogP contribution in [-0.2, 0) is 9.53 Å². The van der Waals surface area contributed by atoms with E-state index < -0.39 is 0 Å². The van der Waals surface area contributed by atoms with Crippen LogP contribution in [0.3, 0.4) is 0 Å². The van der Waals surface area contributed by atoms with Gasteiger partial charge in [0, 0.05) is 11.3 Å². The van der Waals surface area contributed by atoms with Gasteiger partial charge in [-0.1, -0.05) is 0 Å². The zero-order chi connectivity index (χ0) is 13.0. The molecule has 0 fully saturated rings. The van der Waals surface area contributed by atoms with Gasteiger partial charge in [-0.3, -0.25) is 9.79 Å². The van der Waals surface area contributed by atoms with Gasteiger partial charge in [0.05, 0.1) is 24.1 Å². The molecular formula is C13H14FNO2S. The summed E-state index contributed by atoms with van der Waals surface area (Å²) in [6, 6.07) is 6.20. The maximum absolute atomic E-state index is 12.8. The van der Waals surface area contributed by atoms with Gasteiger partial charge in [0.1, 0.15) is 5.82 Å². The van der Waals surface area contributed by atoms with Gasteiger partial charge in [-0.15, -0.1) is 11.8 Å². The molecule has 18 heavy (non-hydrogen) atoms. The van der Waals surface area contributed by atoms with Gasteiger partial charge in [0.15, 0.2) is 0 Å². The number of esters is 1. The molecule has 1 aromatic carbocycles. The molecule has 0 spiro atoms. The average Bonchev–Trinajstić information content (AvgIpc) is 2.78. The van der Waals surface area contributed by atoms with Crippen LogP contribution < -0.4 is 0 Å². The molecule has 0 bridgehead atoms. The third-order valence-electron chi connectivity index (χ3n) is 2.51. The van der Waals surface area contributed by atoms with Gasteiger partial charge in [-0.2, -0.15) is 0 Å². The molecule has 0 aliphatic carbocycles. The van der Waals surface area contributed by atoms with Crippen molar-refractivity contribution in [2.45, 2.75) is 19.4 Å². The van der Waals surface area contributed by atoms with Gasteiger partial charge < -0.3 is 4.74 Å². The molecule has 5 heteroatoms. The Hall–Kier alpha value is -1.36. The van der Waals surface area contributed by atoms with E-state index in [1.165, 1.54) is 12.1 Å². The first-order valence-electron chi connectivity index (χ1n) is 5.81. The van der Waals surface area contributed by atoms with E-state index in [1.807, 2.05) is 0 Å². The quantitative estimate of drug-likeness (QED) is 0.787. The molecule has 1 aromatic rings. The molecule has 0 amide bonds. The molecule has 1 aliphatic heterocycles. The number of thioether (sulfide) groups is 1. The van der Waals surface area contributed by atoms with E-state index in [1.54, 1.807) is 30.8 Å². The highest BCUT2D eigenvalue weighted by molar-refractivity contribution is 8.14. The molecule has 1 atom stereocenters. The zero-order valence-electron chi connectivity index (χ0n) is 10.1. The molecule has 3 nitrogen and oxygen atoms in total. The van der Waals surface area contributed by atoms with Crippen LogP contribution in [0.25, 0.3) is 0 Å². The Morgan fingerprint density at radius 3 is 2.89 bits per heavy atom. The second-order valence-corrected chi connectivity index (χ2v) is 4.92. The Kier molecular flexibility index (Phi) is 4.36. The van der Waals surface area contributed by atoms with E-state index in [9.17, 15) is 9.18 Å². The molecule has 0 N–H and O–H groups in total. The maximum Gasteiger partial charge on any atom is 0.307 e. The predicted octanol–water partition coefficient (Wildman–Crippen LogP) is 2.64. The van der Waals surface area contributed by atoms with Crippen LogP contribution in [0.1, 0.15) is 18.9 Å². The number of aliphatic imine (C=N–C) groups is 1. The fourth-order valence-electron chi connectivity index (χ4n) is 1.68. The van der Waals surface area contributed by atoms with E-state index in [0.29, 0.717) is 13.0 Å². The van der Waals surface area contributed by atoms with E-state index in [-0.39, 0.29) is 17.8 Å². The van der Waals surface area contributed by atoms with Crippen molar-refractivity contribution in [1.82, 2.24) is 0 Å². The second-order valence-electron chi connectivity index (χ2n) is 3.92. The molecule has 0 radical (unpaired) electrons. The average molecular weight is 267 g/mol. The lowest BCUT2D eigenvalue weighted by Crippen LogP contribution is -2.14. The van der Waals surface area contributed by atoms with Crippen molar-refractivity contribution in [3.63, 3.8) is 0 Å². The number of halogens is 1. The van der Waals surface area contributed by atoms with E-state index in [4.69, 9.17) is 4.74 Å². The third-order valence-corrected chi connectivity index (χ3v) is 3.68. The number of carbonyl (C=O) groups is 1. The van der Waals surface area contributed by atoms with E-state index in [0.717, 1.165) is 16.4 Å². The molecular weight excluding hydrogens is 253 g/mol. The number of benzene rings is 1. The first-order chi connectivity index (χ1) is 8.69. The van der Waals surface area contributed by atoms with E-state index in [2.05, 4.69) is 4.99 Å². The van der Waals surface area contributed by atoms with Crippen molar-refractivity contribution >= 4 is 22.8 Å². The molecule has 96 valence electrons. The van der Waals surface area contributed by atoms with Crippen molar-refractivity contribution in [2.24, 2.45) is 4.99 Å². The number of carbonyl (C=O) groups excluding carboxylic acids is 1. The fraction of sp³-hybridized carbons (Fsp3) is 0.385. The number of hydrogen-bond donors (Lipinski definition) is 0. The minimum absolute atomic E-state index is 0.0332. The van der Waals surface area contributed by atoms with Gasteiger partial charge >= 0.3 is 5.97 Å². The summed E-state index contributed by atoms with van der Waals surface area (Å²) in [5, 5.41) is 0.865. The summed E-state index contributed by atoms with van der Waals surface area (Å²) in [5.74, 6) is 0.295. The fourth-order valence-corrected chi connectivity index (χ4v) is 2.75. The summed E-state index contributed by atoms with van der Waals surface area (Å²) in [7, 11) is 0. The maximum atomic E-state index is 12.8. The molecule has 0 saturated carbocycles. The summed E-state index contributed by atoms with van der Waals surface area (Å²) in [4.78, 5) is 15.8. The van der Waals surface area contributed by atoms with Gasteiger partial charge in [-0.25, -0.2) is 4.39 Å². The highest BCUT2D eigenvalue weighted by Gasteiger charge is 2.22. The lowest BCUT2D eigenvalue weighted by Gasteiger charge is -2.04. The molecule has 1 unspecified atom stereocenters. The van der Waals surface area contributed by atoms with Crippen molar-refractivity contribution in [3.05, 3.63) is 35.6 Å². The van der Waals surface area contributed by atoms with Crippen molar-refractivity contribution in [1.29, 1.82) is 0 Å². The Bertz CT molecular complexity index is 459. The molecule has 0 aromatic heterocycles. The van der Waals surface area contributed by atoms with Crippen molar-refractivity contribution < 1.29 is 13.9 Å². The van der Waals surface area contributed by atoms with Crippen LogP contribution in [0.4, 0.5) is 4.39 Å². The monoisotopic (exact) mass is 267 g/mol. The zero-order valence-corrected chi connectivity index (χ0v) is 10.9. The smallest absolute Gasteiger partial charge is 0.307 e. The summed E-state index contributed by atoms with van der Waals surface area (Å²) in [6.45, 7) is 2.18. The molecule has 0 saturated heterocycles. The van der Waals surface area contributed by atoms with Crippen LogP contribution >= 0.6 is 11.8 Å². The predicted molar refractivity (Wildman–Crippen MR) is 70.4 cm³/mol. The molecule has 1 aliphatic rings. The topological polar surface area (TPSA) is 38.7 Å². The summed E-state index contributed by atoms with van der Waals surface area (Å²) in [6.07, 6.45) is 0.311. The second kappa shape index (κ2) is 6.00. The lowest BCUT2D eigenvalue weighted by atomic mass is 10.2. The van der Waals surface area contributed by atoms with Crippen LogP contribution in [0, 0.1) is 5.82 Å². The largest absolute Gasteiger partial charge is 0.466 e. The standard InChI is InChI=1S/C13H14FNO2S/c1-2-17-12(16)7-11-8-18-13(15-11)9-3-5-10(14)6-4-9/h3-6,11H,2,7-8H2,1H3. The SMILES string of the molecule is CCOC(=O)CC1CSC(c2ccc(F)cc2)=N1. The van der Waals surface area contributed by atoms with Crippen LogP contribution in [0.15, 0.2) is 29.3 Å². The van der Waals surface area contributed by atoms with Crippen molar-refractivity contribution in [3.8, 4) is 0 Å². The minimum atomic E-state index is -0.259. The van der Waals surface area contributed by atoms with Gasteiger partial charge in [0.25, 0.3) is 0 Å². The summed E-state index contributed by atoms with van der Waals surface area (Å²) >= 11 is 1.59. The number of nitrogens with zero attached hydrogens (tertiary/aromatic N) is 1. The number of hydrogen-bond acceptors (Lipinski definition) is 4. The normalized spacial score (nSPS) is 18.6. The van der Waals surface area contributed by atoms with Crippen LogP contribution in [-0.4, -0.2) is 29.4 Å². The first-order valence-corrected chi connectivity index (χ1v) is 6.79. The summed E-state index contributed by atoms with van der Waals surface area (Å²) in [5.41, 5.74) is 0.896. The van der Waals surface area contributed by atoms with Crippen LogP contribution in [0.2, 0.25) is 0 Å².